The molecule has 0 bridgehead atoms. The lowest BCUT2D eigenvalue weighted by molar-refractivity contribution is 0.357. The second kappa shape index (κ2) is 4.98. The van der Waals surface area contributed by atoms with E-state index in [-0.39, 0.29) is 12.0 Å². The maximum absolute atomic E-state index is 13.9. The molecule has 1 nitrogen and oxygen atoms in total. The number of benzene rings is 2. The fourth-order valence-electron chi connectivity index (χ4n) is 3.15. The fourth-order valence-corrected chi connectivity index (χ4v) is 3.15. The first kappa shape index (κ1) is 13.3. The molecule has 20 heavy (non-hydrogen) atoms. The maximum Gasteiger partial charge on any atom is 0.129 e. The number of aryl methyl sites for hydroxylation is 1. The largest absolute Gasteiger partial charge is 0.321 e. The van der Waals surface area contributed by atoms with Crippen molar-refractivity contribution in [2.24, 2.45) is 5.73 Å². The lowest BCUT2D eigenvalue weighted by Gasteiger charge is -2.36. The van der Waals surface area contributed by atoms with Crippen molar-refractivity contribution in [2.45, 2.75) is 31.2 Å². The van der Waals surface area contributed by atoms with Crippen LogP contribution < -0.4 is 5.73 Å². The summed E-state index contributed by atoms with van der Waals surface area (Å²) in [6, 6.07) is 11.9. The standard InChI is InChI=1S/C17H17F2N/c18-15-8-3-9-16(19)13(15)11-17(20)10-4-6-12-5-1-2-7-14(12)17/h1-3,5,7-9H,4,6,10-11,20H2. The molecule has 2 aromatic rings. The third kappa shape index (κ3) is 2.22. The number of nitrogens with two attached hydrogens (primary N) is 1. The predicted molar refractivity (Wildman–Crippen MR) is 75.3 cm³/mol. The van der Waals surface area contributed by atoms with Gasteiger partial charge in [-0.1, -0.05) is 30.3 Å². The van der Waals surface area contributed by atoms with Crippen LogP contribution in [0.5, 0.6) is 0 Å². The summed E-state index contributed by atoms with van der Waals surface area (Å²) in [6.07, 6.45) is 2.87. The van der Waals surface area contributed by atoms with Gasteiger partial charge in [-0.3, -0.25) is 0 Å². The van der Waals surface area contributed by atoms with E-state index in [0.717, 1.165) is 24.8 Å². The highest BCUT2D eigenvalue weighted by atomic mass is 19.1. The van der Waals surface area contributed by atoms with Gasteiger partial charge < -0.3 is 5.73 Å². The van der Waals surface area contributed by atoms with Gasteiger partial charge in [0.05, 0.1) is 0 Å². The first-order valence-electron chi connectivity index (χ1n) is 6.90. The van der Waals surface area contributed by atoms with Gasteiger partial charge in [0.25, 0.3) is 0 Å². The van der Waals surface area contributed by atoms with Gasteiger partial charge in [-0.2, -0.15) is 0 Å². The maximum atomic E-state index is 13.9. The molecule has 0 heterocycles. The van der Waals surface area contributed by atoms with Crippen LogP contribution in [0.15, 0.2) is 42.5 Å². The van der Waals surface area contributed by atoms with E-state index in [2.05, 4.69) is 0 Å². The zero-order valence-electron chi connectivity index (χ0n) is 11.2. The Labute approximate surface area is 117 Å². The Morgan fingerprint density at radius 3 is 2.45 bits per heavy atom. The van der Waals surface area contributed by atoms with E-state index in [9.17, 15) is 8.78 Å². The summed E-state index contributed by atoms with van der Waals surface area (Å²) < 4.78 is 27.7. The average Bonchev–Trinajstić information content (AvgIpc) is 2.44. The molecule has 2 N–H and O–H groups in total. The molecule has 1 atom stereocenters. The van der Waals surface area contributed by atoms with E-state index in [1.165, 1.54) is 23.8 Å². The lowest BCUT2D eigenvalue weighted by Crippen LogP contribution is -2.42. The quantitative estimate of drug-likeness (QED) is 0.887. The topological polar surface area (TPSA) is 26.0 Å². The first-order chi connectivity index (χ1) is 9.60. The van der Waals surface area contributed by atoms with Crippen LogP contribution in [0.3, 0.4) is 0 Å². The van der Waals surface area contributed by atoms with Gasteiger partial charge >= 0.3 is 0 Å². The Balaban J connectivity index is 2.02. The Bertz CT molecular complexity index is 618. The summed E-state index contributed by atoms with van der Waals surface area (Å²) in [4.78, 5) is 0. The van der Waals surface area contributed by atoms with E-state index in [1.807, 2.05) is 24.3 Å². The summed E-state index contributed by atoms with van der Waals surface area (Å²) >= 11 is 0. The van der Waals surface area contributed by atoms with Crippen LogP contribution in [-0.2, 0) is 18.4 Å². The molecule has 1 unspecified atom stereocenters. The molecule has 0 radical (unpaired) electrons. The SMILES string of the molecule is NC1(Cc2c(F)cccc2F)CCCc2ccccc21. The van der Waals surface area contributed by atoms with Crippen LogP contribution in [-0.4, -0.2) is 0 Å². The van der Waals surface area contributed by atoms with Crippen LogP contribution in [0.25, 0.3) is 0 Å². The third-order valence-corrected chi connectivity index (χ3v) is 4.18. The van der Waals surface area contributed by atoms with Gasteiger partial charge in [-0.15, -0.1) is 0 Å². The molecule has 0 saturated carbocycles. The van der Waals surface area contributed by atoms with Gasteiger partial charge in [-0.05, 0) is 42.5 Å². The summed E-state index contributed by atoms with van der Waals surface area (Å²) in [5.74, 6) is -1.03. The van der Waals surface area contributed by atoms with Crippen molar-refractivity contribution < 1.29 is 8.78 Å². The Morgan fingerprint density at radius 2 is 1.70 bits per heavy atom. The average molecular weight is 273 g/mol. The number of rotatable bonds is 2. The third-order valence-electron chi connectivity index (χ3n) is 4.18. The number of halogens is 2. The lowest BCUT2D eigenvalue weighted by atomic mass is 9.74. The van der Waals surface area contributed by atoms with Crippen molar-refractivity contribution in [1.29, 1.82) is 0 Å². The fraction of sp³-hybridized carbons (Fsp3) is 0.294. The molecule has 0 saturated heterocycles. The smallest absolute Gasteiger partial charge is 0.129 e. The van der Waals surface area contributed by atoms with Gasteiger partial charge in [0.1, 0.15) is 11.6 Å². The van der Waals surface area contributed by atoms with E-state index in [0.29, 0.717) is 0 Å². The van der Waals surface area contributed by atoms with E-state index in [1.54, 1.807) is 0 Å². The summed E-state index contributed by atoms with van der Waals surface area (Å²) in [5.41, 5.74) is 8.13. The first-order valence-corrected chi connectivity index (χ1v) is 6.90. The molecule has 104 valence electrons. The molecule has 0 amide bonds. The van der Waals surface area contributed by atoms with Crippen LogP contribution >= 0.6 is 0 Å². The van der Waals surface area contributed by atoms with Gasteiger partial charge in [0.2, 0.25) is 0 Å². The highest BCUT2D eigenvalue weighted by Crippen LogP contribution is 2.36. The van der Waals surface area contributed by atoms with Crippen molar-refractivity contribution >= 4 is 0 Å². The molecule has 3 rings (SSSR count). The van der Waals surface area contributed by atoms with Crippen LogP contribution in [0, 0.1) is 11.6 Å². The van der Waals surface area contributed by atoms with Crippen molar-refractivity contribution in [2.75, 3.05) is 0 Å². The van der Waals surface area contributed by atoms with Crippen LogP contribution in [0.1, 0.15) is 29.5 Å². The minimum Gasteiger partial charge on any atom is -0.321 e. The van der Waals surface area contributed by atoms with Crippen molar-refractivity contribution in [3.63, 3.8) is 0 Å². The monoisotopic (exact) mass is 273 g/mol. The molecule has 0 spiro atoms. The molecule has 0 aliphatic heterocycles. The Kier molecular flexibility index (Phi) is 3.30. The molecule has 2 aromatic carbocycles. The molecule has 3 heteroatoms. The van der Waals surface area contributed by atoms with Crippen LogP contribution in [0.2, 0.25) is 0 Å². The van der Waals surface area contributed by atoms with E-state index in [4.69, 9.17) is 5.73 Å². The molecule has 1 aliphatic rings. The van der Waals surface area contributed by atoms with E-state index < -0.39 is 17.2 Å². The highest BCUT2D eigenvalue weighted by Gasteiger charge is 2.34. The zero-order chi connectivity index (χ0) is 14.2. The van der Waals surface area contributed by atoms with Gasteiger partial charge in [-0.25, -0.2) is 8.78 Å². The highest BCUT2D eigenvalue weighted by molar-refractivity contribution is 5.38. The van der Waals surface area contributed by atoms with Gasteiger partial charge in [0.15, 0.2) is 0 Å². The Morgan fingerprint density at radius 1 is 1.00 bits per heavy atom. The van der Waals surface area contributed by atoms with Crippen molar-refractivity contribution in [3.8, 4) is 0 Å². The molecule has 1 aliphatic carbocycles. The zero-order valence-corrected chi connectivity index (χ0v) is 11.2. The van der Waals surface area contributed by atoms with Crippen molar-refractivity contribution in [3.05, 3.63) is 70.8 Å². The van der Waals surface area contributed by atoms with Gasteiger partial charge in [0, 0.05) is 17.5 Å². The molecule has 0 fully saturated rings. The Hall–Kier alpha value is -1.74. The van der Waals surface area contributed by atoms with Crippen LogP contribution in [0.4, 0.5) is 8.78 Å². The second-order valence-corrected chi connectivity index (χ2v) is 5.54. The normalized spacial score (nSPS) is 21.6. The second-order valence-electron chi connectivity index (χ2n) is 5.54. The molecule has 0 aromatic heterocycles. The number of hydrogen-bond acceptors (Lipinski definition) is 1. The minimum atomic E-state index is -0.683. The molecular formula is C17H17F2N. The summed E-state index contributed by atoms with van der Waals surface area (Å²) in [6.45, 7) is 0. The van der Waals surface area contributed by atoms with Crippen molar-refractivity contribution in [1.82, 2.24) is 0 Å². The minimum absolute atomic E-state index is 0.0895. The predicted octanol–water partition coefficient (Wildman–Crippen LogP) is 3.70. The number of hydrogen-bond donors (Lipinski definition) is 1. The summed E-state index contributed by atoms with van der Waals surface area (Å²) in [7, 11) is 0. The number of fused-ring (bicyclic) bond motifs is 1. The summed E-state index contributed by atoms with van der Waals surface area (Å²) in [5, 5.41) is 0. The molecular weight excluding hydrogens is 256 g/mol. The van der Waals surface area contributed by atoms with E-state index >= 15 is 0 Å².